The lowest BCUT2D eigenvalue weighted by Crippen LogP contribution is -2.38. The van der Waals surface area contributed by atoms with Gasteiger partial charge in [0.1, 0.15) is 13.7 Å². The average Bonchev–Trinajstić information content (AvgIpc) is 2.41. The van der Waals surface area contributed by atoms with E-state index >= 15 is 0 Å². The number of amidine groups is 1. The van der Waals surface area contributed by atoms with E-state index < -0.39 is 0 Å². The molecule has 0 fully saturated rings. The molecule has 102 valence electrons. The Bertz CT molecular complexity index is 575. The fraction of sp³-hybridized carbons (Fsp3) is 0.333. The molecular formula is C15H18BN3O. The third-order valence-electron chi connectivity index (χ3n) is 3.52. The van der Waals surface area contributed by atoms with Gasteiger partial charge in [0.25, 0.3) is 0 Å². The van der Waals surface area contributed by atoms with E-state index in [1.807, 2.05) is 19.1 Å². The summed E-state index contributed by atoms with van der Waals surface area (Å²) in [7, 11) is 5.64. The highest BCUT2D eigenvalue weighted by molar-refractivity contribution is 6.32. The number of nitrogens with two attached hydrogens (primary N) is 1. The molecule has 2 N–H and O–H groups in total. The first kappa shape index (κ1) is 14.4. The van der Waals surface area contributed by atoms with Gasteiger partial charge >= 0.3 is 0 Å². The van der Waals surface area contributed by atoms with Gasteiger partial charge in [0.05, 0.1) is 5.69 Å². The van der Waals surface area contributed by atoms with Crippen LogP contribution in [0, 0.1) is 0 Å². The van der Waals surface area contributed by atoms with Crippen LogP contribution < -0.4 is 11.2 Å². The van der Waals surface area contributed by atoms with Gasteiger partial charge in [0.2, 0.25) is 5.91 Å². The molecule has 0 saturated carbocycles. The largest absolute Gasteiger partial charge is 0.383 e. The smallest absolute Gasteiger partial charge is 0.219 e. The first-order valence-electron chi connectivity index (χ1n) is 6.61. The summed E-state index contributed by atoms with van der Waals surface area (Å²) >= 11 is 0. The number of rotatable bonds is 2. The van der Waals surface area contributed by atoms with Gasteiger partial charge in [-0.05, 0) is 25.5 Å². The van der Waals surface area contributed by atoms with Crippen molar-refractivity contribution in [3.8, 4) is 0 Å². The van der Waals surface area contributed by atoms with Crippen LogP contribution in [0.3, 0.4) is 0 Å². The molecule has 0 atom stereocenters. The van der Waals surface area contributed by atoms with Crippen molar-refractivity contribution in [3.63, 3.8) is 0 Å². The van der Waals surface area contributed by atoms with Crippen LogP contribution in [-0.2, 0) is 4.79 Å². The number of amides is 1. The number of hydrogen-bond donors (Lipinski definition) is 1. The Morgan fingerprint density at radius 2 is 2.00 bits per heavy atom. The Hall–Kier alpha value is -2.04. The average molecular weight is 267 g/mol. The minimum absolute atomic E-state index is 0.0651. The zero-order chi connectivity index (χ0) is 14.7. The molecule has 0 aromatic heterocycles. The van der Waals surface area contributed by atoms with Gasteiger partial charge in [-0.15, -0.1) is 0 Å². The van der Waals surface area contributed by atoms with Crippen molar-refractivity contribution in [1.29, 1.82) is 0 Å². The quantitative estimate of drug-likeness (QED) is 0.494. The SMILES string of the molecule is [B]c1ccc(N=C(N)C2=C(C)CCN(C(C)=O)C2)cc1. The van der Waals surface area contributed by atoms with Gasteiger partial charge in [-0.1, -0.05) is 23.2 Å². The van der Waals surface area contributed by atoms with Gasteiger partial charge in [0, 0.05) is 25.6 Å². The maximum Gasteiger partial charge on any atom is 0.219 e. The lowest BCUT2D eigenvalue weighted by atomic mass is 9.96. The molecule has 4 nitrogen and oxygen atoms in total. The Morgan fingerprint density at radius 3 is 2.60 bits per heavy atom. The summed E-state index contributed by atoms with van der Waals surface area (Å²) in [6.07, 6.45) is 0.840. The number of carbonyl (C=O) groups excluding carboxylic acids is 1. The van der Waals surface area contributed by atoms with E-state index in [1.54, 1.807) is 24.0 Å². The zero-order valence-electron chi connectivity index (χ0n) is 11.9. The predicted molar refractivity (Wildman–Crippen MR) is 82.7 cm³/mol. The molecule has 1 aliphatic rings. The van der Waals surface area contributed by atoms with Gasteiger partial charge in [0.15, 0.2) is 0 Å². The summed E-state index contributed by atoms with van der Waals surface area (Å²) in [5, 5.41) is 0. The van der Waals surface area contributed by atoms with Crippen LogP contribution >= 0.6 is 0 Å². The highest BCUT2D eigenvalue weighted by atomic mass is 16.2. The molecule has 20 heavy (non-hydrogen) atoms. The lowest BCUT2D eigenvalue weighted by Gasteiger charge is -2.28. The topological polar surface area (TPSA) is 58.7 Å². The molecule has 0 unspecified atom stereocenters. The van der Waals surface area contributed by atoms with Crippen molar-refractivity contribution >= 4 is 30.7 Å². The fourth-order valence-electron chi connectivity index (χ4n) is 2.18. The molecule has 1 aromatic rings. The normalized spacial score (nSPS) is 16.5. The van der Waals surface area contributed by atoms with Gasteiger partial charge in [-0.3, -0.25) is 4.79 Å². The number of nitrogens with zero attached hydrogens (tertiary/aromatic N) is 2. The number of hydrogen-bond acceptors (Lipinski definition) is 2. The number of aliphatic imine (C=N–C) groups is 1. The van der Waals surface area contributed by atoms with Crippen LogP contribution in [0.25, 0.3) is 0 Å². The Balaban J connectivity index is 2.24. The van der Waals surface area contributed by atoms with E-state index in [4.69, 9.17) is 13.6 Å². The molecule has 2 rings (SSSR count). The monoisotopic (exact) mass is 267 g/mol. The van der Waals surface area contributed by atoms with Crippen LogP contribution in [0.15, 0.2) is 40.4 Å². The Labute approximate surface area is 120 Å². The van der Waals surface area contributed by atoms with E-state index in [0.29, 0.717) is 17.8 Å². The second kappa shape index (κ2) is 5.95. The molecule has 2 radical (unpaired) electrons. The summed E-state index contributed by atoms with van der Waals surface area (Å²) in [6, 6.07) is 7.22. The highest BCUT2D eigenvalue weighted by Crippen LogP contribution is 2.19. The first-order chi connectivity index (χ1) is 9.47. The van der Waals surface area contributed by atoms with Crippen LogP contribution in [-0.4, -0.2) is 37.6 Å². The molecular weight excluding hydrogens is 249 g/mol. The predicted octanol–water partition coefficient (Wildman–Crippen LogP) is 1.04. The van der Waals surface area contributed by atoms with E-state index in [2.05, 4.69) is 4.99 Å². The summed E-state index contributed by atoms with van der Waals surface area (Å²) in [5.41, 5.74) is 9.69. The summed E-state index contributed by atoms with van der Waals surface area (Å²) in [6.45, 7) is 4.90. The summed E-state index contributed by atoms with van der Waals surface area (Å²) in [5.74, 6) is 0.536. The number of carbonyl (C=O) groups is 1. The molecule has 0 saturated heterocycles. The molecule has 0 aliphatic carbocycles. The molecule has 1 heterocycles. The third kappa shape index (κ3) is 3.29. The highest BCUT2D eigenvalue weighted by Gasteiger charge is 2.20. The van der Waals surface area contributed by atoms with Crippen molar-refractivity contribution in [2.75, 3.05) is 13.1 Å². The molecule has 1 aliphatic heterocycles. The summed E-state index contributed by atoms with van der Waals surface area (Å²) in [4.78, 5) is 17.7. The van der Waals surface area contributed by atoms with Crippen molar-refractivity contribution in [3.05, 3.63) is 35.4 Å². The summed E-state index contributed by atoms with van der Waals surface area (Å²) < 4.78 is 0. The van der Waals surface area contributed by atoms with E-state index in [-0.39, 0.29) is 5.91 Å². The van der Waals surface area contributed by atoms with Crippen LogP contribution in [0.5, 0.6) is 0 Å². The van der Waals surface area contributed by atoms with Gasteiger partial charge in [-0.2, -0.15) is 0 Å². The van der Waals surface area contributed by atoms with Crippen LogP contribution in [0.1, 0.15) is 20.3 Å². The molecule has 5 heteroatoms. The maximum atomic E-state index is 11.5. The lowest BCUT2D eigenvalue weighted by molar-refractivity contribution is -0.128. The van der Waals surface area contributed by atoms with Crippen molar-refractivity contribution in [2.45, 2.75) is 20.3 Å². The van der Waals surface area contributed by atoms with E-state index in [0.717, 1.165) is 24.2 Å². The maximum absolute atomic E-state index is 11.5. The van der Waals surface area contributed by atoms with Gasteiger partial charge < -0.3 is 10.6 Å². The van der Waals surface area contributed by atoms with E-state index in [9.17, 15) is 4.79 Å². The van der Waals surface area contributed by atoms with Gasteiger partial charge in [-0.25, -0.2) is 4.99 Å². The second-order valence-electron chi connectivity index (χ2n) is 5.04. The zero-order valence-corrected chi connectivity index (χ0v) is 11.9. The Kier molecular flexibility index (Phi) is 4.27. The van der Waals surface area contributed by atoms with Crippen molar-refractivity contribution < 1.29 is 4.79 Å². The second-order valence-corrected chi connectivity index (χ2v) is 5.04. The van der Waals surface area contributed by atoms with Crippen molar-refractivity contribution in [2.24, 2.45) is 10.7 Å². The molecule has 1 aromatic carbocycles. The fourth-order valence-corrected chi connectivity index (χ4v) is 2.18. The minimum Gasteiger partial charge on any atom is -0.383 e. The van der Waals surface area contributed by atoms with Crippen molar-refractivity contribution in [1.82, 2.24) is 4.90 Å². The minimum atomic E-state index is 0.0651. The third-order valence-corrected chi connectivity index (χ3v) is 3.52. The Morgan fingerprint density at radius 1 is 1.35 bits per heavy atom. The standard InChI is InChI=1S/C15H18BN3O/c1-10-7-8-19(11(2)20)9-14(10)15(17)18-13-5-3-12(16)4-6-13/h3-6H,7-9H2,1-2H3,(H2,17,18). The van der Waals surface area contributed by atoms with Crippen LogP contribution in [0.4, 0.5) is 5.69 Å². The van der Waals surface area contributed by atoms with E-state index in [1.165, 1.54) is 5.57 Å². The number of benzene rings is 1. The first-order valence-corrected chi connectivity index (χ1v) is 6.61. The molecule has 1 amide bonds. The van der Waals surface area contributed by atoms with Crippen LogP contribution in [0.2, 0.25) is 0 Å². The molecule has 0 spiro atoms. The molecule has 0 bridgehead atoms.